The van der Waals surface area contributed by atoms with Crippen LogP contribution in [-0.2, 0) is 11.3 Å². The van der Waals surface area contributed by atoms with Crippen LogP contribution in [0.5, 0.6) is 0 Å². The van der Waals surface area contributed by atoms with Crippen LogP contribution >= 0.6 is 12.2 Å². The van der Waals surface area contributed by atoms with E-state index < -0.39 is 12.0 Å². The van der Waals surface area contributed by atoms with E-state index in [4.69, 9.17) is 12.2 Å². The Labute approximate surface area is 204 Å². The van der Waals surface area contributed by atoms with Crippen LogP contribution in [0.25, 0.3) is 11.1 Å². The summed E-state index contributed by atoms with van der Waals surface area (Å²) in [5.41, 5.74) is 6.18. The molecule has 0 saturated heterocycles. The number of hydrogen-bond donors (Lipinski definition) is 3. The number of carbonyl (C=O) groups excluding carboxylic acids is 1. The third-order valence-electron chi connectivity index (χ3n) is 6.03. The van der Waals surface area contributed by atoms with Gasteiger partial charge in [0.2, 0.25) is 0 Å². The number of rotatable bonds is 6. The zero-order valence-electron chi connectivity index (χ0n) is 19.3. The van der Waals surface area contributed by atoms with Gasteiger partial charge in [0, 0.05) is 23.5 Å². The molecule has 3 N–H and O–H groups in total. The van der Waals surface area contributed by atoms with Crippen molar-refractivity contribution in [3.05, 3.63) is 83.4 Å². The van der Waals surface area contributed by atoms with Gasteiger partial charge in [-0.2, -0.15) is 0 Å². The molecule has 34 heavy (non-hydrogen) atoms. The minimum absolute atomic E-state index is 0.179. The van der Waals surface area contributed by atoms with Crippen LogP contribution in [-0.4, -0.2) is 33.0 Å². The SMILES string of the molecule is Cc1ccccc1NC(=S)Nc1ccc(-c2ccc3c(c2)C(=O)N([C@H](C(=O)O)C(C)C)C3)cc1. The first-order valence-corrected chi connectivity index (χ1v) is 11.6. The normalized spacial score (nSPS) is 13.5. The number of nitrogens with one attached hydrogen (secondary N) is 2. The minimum atomic E-state index is -0.978. The summed E-state index contributed by atoms with van der Waals surface area (Å²) in [7, 11) is 0. The summed E-state index contributed by atoms with van der Waals surface area (Å²) in [5.74, 6) is -1.39. The number of thiocarbonyl (C=S) groups is 1. The Bertz CT molecular complexity index is 1250. The fourth-order valence-electron chi connectivity index (χ4n) is 4.25. The fraction of sp³-hybridized carbons (Fsp3) is 0.222. The van der Waals surface area contributed by atoms with Crippen molar-refractivity contribution >= 4 is 40.6 Å². The summed E-state index contributed by atoms with van der Waals surface area (Å²) in [5, 5.41) is 16.5. The van der Waals surface area contributed by atoms with Gasteiger partial charge in [0.05, 0.1) is 0 Å². The van der Waals surface area contributed by atoms with E-state index in [9.17, 15) is 14.7 Å². The van der Waals surface area contributed by atoms with Crippen molar-refractivity contribution in [3.63, 3.8) is 0 Å². The molecular formula is C27H27N3O3S. The molecule has 6 nitrogen and oxygen atoms in total. The number of carboxylic acid groups (broad SMARTS) is 1. The van der Waals surface area contributed by atoms with E-state index in [1.54, 1.807) is 0 Å². The number of aryl methyl sites for hydroxylation is 1. The molecule has 1 aliphatic heterocycles. The van der Waals surface area contributed by atoms with Crippen LogP contribution < -0.4 is 10.6 Å². The highest BCUT2D eigenvalue weighted by molar-refractivity contribution is 7.80. The van der Waals surface area contributed by atoms with E-state index in [0.717, 1.165) is 33.6 Å². The monoisotopic (exact) mass is 473 g/mol. The lowest BCUT2D eigenvalue weighted by atomic mass is 10.00. The minimum Gasteiger partial charge on any atom is -0.480 e. The third-order valence-corrected chi connectivity index (χ3v) is 6.24. The number of para-hydroxylation sites is 1. The molecule has 0 fully saturated rings. The maximum Gasteiger partial charge on any atom is 0.326 e. The second kappa shape index (κ2) is 9.65. The van der Waals surface area contributed by atoms with E-state index in [0.29, 0.717) is 17.2 Å². The van der Waals surface area contributed by atoms with Crippen molar-refractivity contribution in [3.8, 4) is 11.1 Å². The standard InChI is InChI=1S/C27H27N3O3S/c1-16(2)24(26(32)33)30-15-20-9-8-19(14-22(20)25(30)31)18-10-12-21(13-11-18)28-27(34)29-23-7-5-4-6-17(23)3/h4-14,16,24H,15H2,1-3H3,(H,32,33)(H2,28,29,34)/t24-/m0/s1. The molecule has 0 unspecified atom stereocenters. The number of anilines is 2. The number of benzene rings is 3. The van der Waals surface area contributed by atoms with Gasteiger partial charge in [-0.05, 0) is 71.6 Å². The van der Waals surface area contributed by atoms with E-state index in [-0.39, 0.29) is 11.8 Å². The summed E-state index contributed by atoms with van der Waals surface area (Å²) >= 11 is 5.43. The maximum absolute atomic E-state index is 13.0. The number of aliphatic carboxylic acids is 1. The average Bonchev–Trinajstić information content (AvgIpc) is 3.11. The Hall–Kier alpha value is -3.71. The first kappa shape index (κ1) is 23.4. The average molecular weight is 474 g/mol. The van der Waals surface area contributed by atoms with Gasteiger partial charge in [-0.25, -0.2) is 4.79 Å². The van der Waals surface area contributed by atoms with Crippen molar-refractivity contribution in [2.45, 2.75) is 33.4 Å². The molecule has 7 heteroatoms. The first-order chi connectivity index (χ1) is 16.2. The number of fused-ring (bicyclic) bond motifs is 1. The Kier molecular flexibility index (Phi) is 6.65. The molecule has 0 spiro atoms. The highest BCUT2D eigenvalue weighted by Crippen LogP contribution is 2.31. The van der Waals surface area contributed by atoms with E-state index >= 15 is 0 Å². The summed E-state index contributed by atoms with van der Waals surface area (Å²) in [6, 6.07) is 20.6. The fourth-order valence-corrected chi connectivity index (χ4v) is 4.48. The molecule has 0 saturated carbocycles. The second-order valence-electron chi connectivity index (χ2n) is 8.80. The largest absolute Gasteiger partial charge is 0.480 e. The Morgan fingerprint density at radius 2 is 1.68 bits per heavy atom. The van der Waals surface area contributed by atoms with Crippen LogP contribution in [0.1, 0.15) is 35.3 Å². The van der Waals surface area contributed by atoms with Crippen molar-refractivity contribution in [2.75, 3.05) is 10.6 Å². The molecule has 174 valence electrons. The van der Waals surface area contributed by atoms with Crippen molar-refractivity contribution < 1.29 is 14.7 Å². The second-order valence-corrected chi connectivity index (χ2v) is 9.21. The van der Waals surface area contributed by atoms with E-state index in [2.05, 4.69) is 10.6 Å². The predicted octanol–water partition coefficient (Wildman–Crippen LogP) is 5.54. The van der Waals surface area contributed by atoms with Crippen LogP contribution in [0.4, 0.5) is 11.4 Å². The van der Waals surface area contributed by atoms with Crippen LogP contribution in [0.3, 0.4) is 0 Å². The van der Waals surface area contributed by atoms with Gasteiger partial charge in [-0.15, -0.1) is 0 Å². The van der Waals surface area contributed by atoms with Crippen LogP contribution in [0.2, 0.25) is 0 Å². The summed E-state index contributed by atoms with van der Waals surface area (Å²) in [6.45, 7) is 5.97. The highest BCUT2D eigenvalue weighted by atomic mass is 32.1. The Balaban J connectivity index is 1.47. The Morgan fingerprint density at radius 3 is 2.32 bits per heavy atom. The number of carboxylic acids is 1. The smallest absolute Gasteiger partial charge is 0.326 e. The third kappa shape index (κ3) is 4.79. The molecule has 3 aromatic carbocycles. The molecule has 0 aliphatic carbocycles. The van der Waals surface area contributed by atoms with Crippen molar-refractivity contribution in [2.24, 2.45) is 5.92 Å². The lowest BCUT2D eigenvalue weighted by Crippen LogP contribution is -2.44. The van der Waals surface area contributed by atoms with Crippen molar-refractivity contribution in [1.82, 2.24) is 4.90 Å². The maximum atomic E-state index is 13.0. The molecular weight excluding hydrogens is 446 g/mol. The first-order valence-electron chi connectivity index (χ1n) is 11.2. The molecule has 1 amide bonds. The molecule has 3 aromatic rings. The molecule has 0 bridgehead atoms. The number of amides is 1. The van der Waals surface area contributed by atoms with E-state index in [1.165, 1.54) is 4.90 Å². The van der Waals surface area contributed by atoms with Crippen LogP contribution in [0, 0.1) is 12.8 Å². The summed E-state index contributed by atoms with van der Waals surface area (Å²) in [6.07, 6.45) is 0. The summed E-state index contributed by atoms with van der Waals surface area (Å²) < 4.78 is 0. The number of carbonyl (C=O) groups is 2. The molecule has 4 rings (SSSR count). The van der Waals surface area contributed by atoms with Gasteiger partial charge in [0.15, 0.2) is 5.11 Å². The zero-order chi connectivity index (χ0) is 24.4. The Morgan fingerprint density at radius 1 is 1.00 bits per heavy atom. The van der Waals surface area contributed by atoms with Gasteiger partial charge >= 0.3 is 5.97 Å². The quantitative estimate of drug-likeness (QED) is 0.408. The van der Waals surface area contributed by atoms with Crippen LogP contribution in [0.15, 0.2) is 66.7 Å². The topological polar surface area (TPSA) is 81.7 Å². The molecule has 1 heterocycles. The van der Waals surface area contributed by atoms with Gasteiger partial charge in [0.1, 0.15) is 6.04 Å². The predicted molar refractivity (Wildman–Crippen MR) is 139 cm³/mol. The number of hydrogen-bond acceptors (Lipinski definition) is 3. The number of nitrogens with zero attached hydrogens (tertiary/aromatic N) is 1. The van der Waals surface area contributed by atoms with Gasteiger partial charge < -0.3 is 20.6 Å². The van der Waals surface area contributed by atoms with Gasteiger partial charge in [0.25, 0.3) is 5.91 Å². The highest BCUT2D eigenvalue weighted by Gasteiger charge is 2.38. The van der Waals surface area contributed by atoms with Crippen molar-refractivity contribution in [1.29, 1.82) is 0 Å². The van der Waals surface area contributed by atoms with E-state index in [1.807, 2.05) is 87.5 Å². The lowest BCUT2D eigenvalue weighted by molar-refractivity contribution is -0.144. The lowest BCUT2D eigenvalue weighted by Gasteiger charge is -2.27. The van der Waals surface area contributed by atoms with Gasteiger partial charge in [-0.1, -0.05) is 56.3 Å². The molecule has 1 atom stereocenters. The molecule has 0 radical (unpaired) electrons. The summed E-state index contributed by atoms with van der Waals surface area (Å²) in [4.78, 5) is 26.2. The molecule has 1 aliphatic rings. The van der Waals surface area contributed by atoms with Gasteiger partial charge in [-0.3, -0.25) is 4.79 Å². The molecule has 0 aromatic heterocycles. The zero-order valence-corrected chi connectivity index (χ0v) is 20.1.